The Morgan fingerprint density at radius 1 is 1.27 bits per heavy atom. The standard InChI is InChI=1S/C19H26N4O2S/c1-15-14-26-19(21-15)22-20-13-16-6-7-17(18(12-16)24-2)25-11-10-23-8-4-3-5-9-23/h6-7,12-14H,3-5,8-11H2,1-2H3,(H,21,22). The number of likely N-dealkylation sites (tertiary alicyclic amines) is 1. The van der Waals surface area contributed by atoms with Crippen LogP contribution >= 0.6 is 11.3 Å². The monoisotopic (exact) mass is 374 g/mol. The van der Waals surface area contributed by atoms with Crippen molar-refractivity contribution >= 4 is 22.7 Å². The fourth-order valence-electron chi connectivity index (χ4n) is 2.92. The zero-order valence-electron chi connectivity index (χ0n) is 15.4. The van der Waals surface area contributed by atoms with Gasteiger partial charge in [-0.05, 0) is 56.6 Å². The van der Waals surface area contributed by atoms with Gasteiger partial charge >= 0.3 is 0 Å². The van der Waals surface area contributed by atoms with Crippen molar-refractivity contribution in [2.45, 2.75) is 26.2 Å². The second-order valence-electron chi connectivity index (χ2n) is 6.33. The molecule has 1 aliphatic rings. The number of hydrazone groups is 1. The Labute approximate surface area is 158 Å². The number of rotatable bonds is 8. The predicted molar refractivity (Wildman–Crippen MR) is 107 cm³/mol. The molecule has 6 nitrogen and oxygen atoms in total. The predicted octanol–water partition coefficient (Wildman–Crippen LogP) is 3.77. The maximum atomic E-state index is 5.93. The van der Waals surface area contributed by atoms with Crippen molar-refractivity contribution in [2.75, 3.05) is 38.8 Å². The normalized spacial score (nSPS) is 15.3. The molecule has 7 heteroatoms. The molecule has 0 unspecified atom stereocenters. The minimum absolute atomic E-state index is 0.675. The van der Waals surface area contributed by atoms with Gasteiger partial charge in [0.05, 0.1) is 19.0 Å². The van der Waals surface area contributed by atoms with Gasteiger partial charge in [0.2, 0.25) is 5.13 Å². The van der Waals surface area contributed by atoms with E-state index in [1.54, 1.807) is 13.3 Å². The topological polar surface area (TPSA) is 59.0 Å². The molecule has 0 aliphatic carbocycles. The largest absolute Gasteiger partial charge is 0.493 e. The third-order valence-corrected chi connectivity index (χ3v) is 5.16. The first-order valence-electron chi connectivity index (χ1n) is 8.99. The number of benzene rings is 1. The summed E-state index contributed by atoms with van der Waals surface area (Å²) in [5.41, 5.74) is 4.86. The first-order valence-corrected chi connectivity index (χ1v) is 9.87. The molecule has 2 aromatic rings. The van der Waals surface area contributed by atoms with E-state index < -0.39 is 0 Å². The Kier molecular flexibility index (Phi) is 6.85. The van der Waals surface area contributed by atoms with Gasteiger partial charge in [-0.15, -0.1) is 11.3 Å². The Morgan fingerprint density at radius 2 is 2.12 bits per heavy atom. The van der Waals surface area contributed by atoms with E-state index in [1.165, 1.54) is 43.7 Å². The number of piperidine rings is 1. The fourth-order valence-corrected chi connectivity index (χ4v) is 3.56. The van der Waals surface area contributed by atoms with Gasteiger partial charge in [-0.3, -0.25) is 10.3 Å². The van der Waals surface area contributed by atoms with Gasteiger partial charge in [-0.2, -0.15) is 5.10 Å². The van der Waals surface area contributed by atoms with Crippen LogP contribution < -0.4 is 14.9 Å². The van der Waals surface area contributed by atoms with Crippen LogP contribution in [0, 0.1) is 6.92 Å². The van der Waals surface area contributed by atoms with Crippen molar-refractivity contribution in [2.24, 2.45) is 5.10 Å². The lowest BCUT2D eigenvalue weighted by atomic mass is 10.1. The lowest BCUT2D eigenvalue weighted by Crippen LogP contribution is -2.33. The summed E-state index contributed by atoms with van der Waals surface area (Å²) in [5.74, 6) is 1.49. The number of methoxy groups -OCH3 is 1. The van der Waals surface area contributed by atoms with E-state index in [9.17, 15) is 0 Å². The Bertz CT molecular complexity index is 726. The second-order valence-corrected chi connectivity index (χ2v) is 7.18. The molecule has 1 aromatic heterocycles. The quantitative estimate of drug-likeness (QED) is 0.563. The van der Waals surface area contributed by atoms with Crippen molar-refractivity contribution in [3.8, 4) is 11.5 Å². The molecule has 3 rings (SSSR count). The highest BCUT2D eigenvalue weighted by Crippen LogP contribution is 2.27. The highest BCUT2D eigenvalue weighted by molar-refractivity contribution is 7.13. The van der Waals surface area contributed by atoms with E-state index in [1.807, 2.05) is 30.5 Å². The number of hydrogen-bond acceptors (Lipinski definition) is 7. The molecule has 0 spiro atoms. The zero-order valence-corrected chi connectivity index (χ0v) is 16.2. The van der Waals surface area contributed by atoms with E-state index >= 15 is 0 Å². The summed E-state index contributed by atoms with van der Waals surface area (Å²) in [4.78, 5) is 6.77. The third kappa shape index (κ3) is 5.44. The fraction of sp³-hybridized carbons (Fsp3) is 0.474. The van der Waals surface area contributed by atoms with Gasteiger partial charge < -0.3 is 9.47 Å². The minimum atomic E-state index is 0.675. The van der Waals surface area contributed by atoms with Crippen molar-refractivity contribution in [1.82, 2.24) is 9.88 Å². The molecular weight excluding hydrogens is 348 g/mol. The van der Waals surface area contributed by atoms with Gasteiger partial charge in [0.15, 0.2) is 11.5 Å². The molecule has 0 saturated carbocycles. The summed E-state index contributed by atoms with van der Waals surface area (Å²) in [6.07, 6.45) is 5.69. The van der Waals surface area contributed by atoms with Crippen LogP contribution in [-0.4, -0.2) is 49.4 Å². The average Bonchev–Trinajstić information content (AvgIpc) is 3.08. The Morgan fingerprint density at radius 3 is 2.85 bits per heavy atom. The first kappa shape index (κ1) is 18.7. The third-order valence-electron chi connectivity index (χ3n) is 4.29. The molecule has 0 atom stereocenters. The summed E-state index contributed by atoms with van der Waals surface area (Å²) in [5, 5.41) is 6.99. The Hall–Kier alpha value is -2.12. The van der Waals surface area contributed by atoms with Crippen LogP contribution in [0.2, 0.25) is 0 Å². The summed E-state index contributed by atoms with van der Waals surface area (Å²) in [6.45, 7) is 5.96. The smallest absolute Gasteiger partial charge is 0.203 e. The van der Waals surface area contributed by atoms with Crippen LogP contribution in [0.15, 0.2) is 28.7 Å². The SMILES string of the molecule is COc1cc(C=NNc2nc(C)cs2)ccc1OCCN1CCCCC1. The van der Waals surface area contributed by atoms with E-state index in [4.69, 9.17) is 9.47 Å². The average molecular weight is 375 g/mol. The molecule has 1 fully saturated rings. The molecule has 2 heterocycles. The van der Waals surface area contributed by atoms with Crippen LogP contribution in [0.25, 0.3) is 0 Å². The van der Waals surface area contributed by atoms with Gasteiger partial charge in [-0.1, -0.05) is 6.42 Å². The molecule has 1 saturated heterocycles. The van der Waals surface area contributed by atoms with E-state index in [0.717, 1.165) is 34.4 Å². The zero-order chi connectivity index (χ0) is 18.2. The number of aryl methyl sites for hydroxylation is 1. The van der Waals surface area contributed by atoms with Gasteiger partial charge in [0.1, 0.15) is 6.61 Å². The highest BCUT2D eigenvalue weighted by Gasteiger charge is 2.11. The molecule has 0 bridgehead atoms. The van der Waals surface area contributed by atoms with Crippen LogP contribution in [0.4, 0.5) is 5.13 Å². The Balaban J connectivity index is 1.52. The number of nitrogens with one attached hydrogen (secondary N) is 1. The summed E-state index contributed by atoms with van der Waals surface area (Å²) >= 11 is 1.53. The second kappa shape index (κ2) is 9.54. The molecule has 1 aromatic carbocycles. The number of anilines is 1. The first-order chi connectivity index (χ1) is 12.7. The van der Waals surface area contributed by atoms with Crippen LogP contribution in [0.3, 0.4) is 0 Å². The number of hydrogen-bond donors (Lipinski definition) is 1. The summed E-state index contributed by atoms with van der Waals surface area (Å²) in [7, 11) is 1.66. The van der Waals surface area contributed by atoms with Crippen molar-refractivity contribution in [3.05, 3.63) is 34.8 Å². The van der Waals surface area contributed by atoms with Gasteiger partial charge in [0, 0.05) is 11.9 Å². The van der Waals surface area contributed by atoms with Gasteiger partial charge in [0.25, 0.3) is 0 Å². The van der Waals surface area contributed by atoms with Crippen molar-refractivity contribution in [1.29, 1.82) is 0 Å². The molecule has 0 radical (unpaired) electrons. The van der Waals surface area contributed by atoms with Crippen molar-refractivity contribution in [3.63, 3.8) is 0 Å². The number of thiazole rings is 1. The molecule has 1 N–H and O–H groups in total. The van der Waals surface area contributed by atoms with E-state index in [-0.39, 0.29) is 0 Å². The molecule has 140 valence electrons. The number of nitrogens with zero attached hydrogens (tertiary/aromatic N) is 3. The molecule has 26 heavy (non-hydrogen) atoms. The van der Waals surface area contributed by atoms with Crippen LogP contribution in [0.5, 0.6) is 11.5 Å². The number of aromatic nitrogens is 1. The number of ether oxygens (including phenoxy) is 2. The van der Waals surface area contributed by atoms with Crippen LogP contribution in [0.1, 0.15) is 30.5 Å². The maximum Gasteiger partial charge on any atom is 0.203 e. The van der Waals surface area contributed by atoms with E-state index in [0.29, 0.717) is 6.61 Å². The van der Waals surface area contributed by atoms with Crippen LogP contribution in [-0.2, 0) is 0 Å². The van der Waals surface area contributed by atoms with E-state index in [2.05, 4.69) is 20.4 Å². The maximum absolute atomic E-state index is 5.93. The minimum Gasteiger partial charge on any atom is -0.493 e. The summed E-state index contributed by atoms with van der Waals surface area (Å²) < 4.78 is 11.4. The molecular formula is C19H26N4O2S. The molecule has 0 amide bonds. The lowest BCUT2D eigenvalue weighted by molar-refractivity contribution is 0.180. The molecule has 1 aliphatic heterocycles. The van der Waals surface area contributed by atoms with Crippen molar-refractivity contribution < 1.29 is 9.47 Å². The van der Waals surface area contributed by atoms with Gasteiger partial charge in [-0.25, -0.2) is 4.98 Å². The highest BCUT2D eigenvalue weighted by atomic mass is 32.1. The summed E-state index contributed by atoms with van der Waals surface area (Å²) in [6, 6.07) is 5.83. The lowest BCUT2D eigenvalue weighted by Gasteiger charge is -2.26.